The summed E-state index contributed by atoms with van der Waals surface area (Å²) in [5, 5.41) is 31.7. The summed E-state index contributed by atoms with van der Waals surface area (Å²) in [6.45, 7) is 2.15. The molecule has 1 rings (SSSR count). The maximum Gasteiger partial charge on any atom is 0.329 e. The third-order valence-corrected chi connectivity index (χ3v) is 8.46. The molecule has 0 spiro atoms. The molecule has 204 valence electrons. The van der Waals surface area contributed by atoms with Crippen LogP contribution in [0.3, 0.4) is 0 Å². The first-order valence-electron chi connectivity index (χ1n) is 14.1. The molecule has 1 unspecified atom stereocenters. The largest absolute Gasteiger partial charge is 0.395 e. The predicted molar refractivity (Wildman–Crippen MR) is 139 cm³/mol. The van der Waals surface area contributed by atoms with E-state index >= 15 is 0 Å². The number of unbranched alkanes of at least 4 members (excludes halogenated alkanes) is 17. The predicted octanol–water partition coefficient (Wildman–Crippen LogP) is 5.28. The monoisotopic (exact) mass is 507 g/mol. The first kappa shape index (κ1) is 32.0. The highest BCUT2D eigenvalue weighted by atomic mass is 31.2. The summed E-state index contributed by atoms with van der Waals surface area (Å²) in [4.78, 5) is 10.0. The van der Waals surface area contributed by atoms with Gasteiger partial charge in [0.25, 0.3) is 0 Å². The van der Waals surface area contributed by atoms with Crippen LogP contribution in [-0.4, -0.2) is 63.9 Å². The molecule has 34 heavy (non-hydrogen) atoms. The van der Waals surface area contributed by atoms with Gasteiger partial charge in [0.15, 0.2) is 0 Å². The van der Waals surface area contributed by atoms with Gasteiger partial charge >= 0.3 is 7.60 Å². The average Bonchev–Trinajstić information content (AvgIpc) is 3.07. The second-order valence-corrected chi connectivity index (χ2v) is 12.1. The Balaban J connectivity index is 1.86. The molecule has 1 aliphatic rings. The molecule has 0 aliphatic carbocycles. The quantitative estimate of drug-likeness (QED) is 0.0942. The zero-order valence-electron chi connectivity index (χ0n) is 21.7. The van der Waals surface area contributed by atoms with Gasteiger partial charge in [-0.15, -0.1) is 0 Å². The summed E-state index contributed by atoms with van der Waals surface area (Å²) in [5.74, 6) is 0. The van der Waals surface area contributed by atoms with E-state index in [-0.39, 0.29) is 19.4 Å². The van der Waals surface area contributed by atoms with Crippen molar-refractivity contribution in [2.45, 2.75) is 147 Å². The number of hydrogen-bond acceptors (Lipinski definition) is 6. The molecule has 0 bridgehead atoms. The van der Waals surface area contributed by atoms with Crippen molar-refractivity contribution in [2.24, 2.45) is 0 Å². The molecule has 0 aromatic heterocycles. The lowest BCUT2D eigenvalue weighted by Gasteiger charge is -2.19. The van der Waals surface area contributed by atoms with E-state index in [1.807, 2.05) is 0 Å². The van der Waals surface area contributed by atoms with E-state index in [9.17, 15) is 19.7 Å². The van der Waals surface area contributed by atoms with Crippen molar-refractivity contribution in [2.75, 3.05) is 19.4 Å². The third-order valence-electron chi connectivity index (χ3n) is 7.02. The molecule has 0 aromatic rings. The van der Waals surface area contributed by atoms with Gasteiger partial charge in [-0.3, -0.25) is 4.57 Å². The Morgan fingerprint density at radius 3 is 1.44 bits per heavy atom. The summed E-state index contributed by atoms with van der Waals surface area (Å²) in [6, 6.07) is -1.45. The second kappa shape index (κ2) is 20.1. The highest BCUT2D eigenvalue weighted by Gasteiger charge is 2.43. The Labute approximate surface area is 208 Å². The van der Waals surface area contributed by atoms with Gasteiger partial charge < -0.3 is 30.1 Å². The van der Waals surface area contributed by atoms with E-state index < -0.39 is 31.9 Å². The van der Waals surface area contributed by atoms with Crippen molar-refractivity contribution in [1.29, 1.82) is 0 Å². The molecule has 8 heteroatoms. The summed E-state index contributed by atoms with van der Waals surface area (Å²) >= 11 is 0. The maximum atomic E-state index is 12.2. The Hall–Kier alpha value is -0.0100. The van der Waals surface area contributed by atoms with Crippen LogP contribution in [0.2, 0.25) is 0 Å². The van der Waals surface area contributed by atoms with Crippen LogP contribution in [0.25, 0.3) is 0 Å². The van der Waals surface area contributed by atoms with Crippen molar-refractivity contribution < 1.29 is 29.3 Å². The summed E-state index contributed by atoms with van der Waals surface area (Å²) in [7, 11) is -3.85. The van der Waals surface area contributed by atoms with Gasteiger partial charge in [0.05, 0.1) is 37.6 Å². The van der Waals surface area contributed by atoms with Crippen LogP contribution in [0.4, 0.5) is 0 Å². The fraction of sp³-hybridized carbons (Fsp3) is 1.00. The molecular weight excluding hydrogens is 453 g/mol. The molecule has 5 atom stereocenters. The normalized spacial score (nSPS) is 24.5. The van der Waals surface area contributed by atoms with Crippen LogP contribution < -0.4 is 5.32 Å². The van der Waals surface area contributed by atoms with Gasteiger partial charge in [-0.2, -0.15) is 0 Å². The lowest BCUT2D eigenvalue weighted by Crippen LogP contribution is -2.37. The van der Waals surface area contributed by atoms with Crippen molar-refractivity contribution in [3.63, 3.8) is 0 Å². The minimum atomic E-state index is -3.85. The maximum absolute atomic E-state index is 12.2. The van der Waals surface area contributed by atoms with Gasteiger partial charge in [-0.25, -0.2) is 0 Å². The number of rotatable bonds is 23. The van der Waals surface area contributed by atoms with Crippen LogP contribution in [0.15, 0.2) is 0 Å². The third kappa shape index (κ3) is 15.2. The first-order valence-corrected chi connectivity index (χ1v) is 15.9. The zero-order chi connectivity index (χ0) is 25.1. The zero-order valence-corrected chi connectivity index (χ0v) is 22.6. The van der Waals surface area contributed by atoms with Gasteiger partial charge in [0.1, 0.15) is 0 Å². The van der Waals surface area contributed by atoms with Crippen molar-refractivity contribution in [3.8, 4) is 0 Å². The SMILES string of the molecule is CCCCCCCCCCCCCCCCCCCCOP(=O)(O)C[C@H]1N[C@H](CO)[C@@H](O)[C@@H]1O. The van der Waals surface area contributed by atoms with Crippen LogP contribution in [0.5, 0.6) is 0 Å². The molecular formula is C26H54NO6P. The number of hydrogen-bond donors (Lipinski definition) is 5. The van der Waals surface area contributed by atoms with Crippen LogP contribution in [0.1, 0.15) is 122 Å². The Morgan fingerprint density at radius 2 is 1.06 bits per heavy atom. The van der Waals surface area contributed by atoms with E-state index in [4.69, 9.17) is 9.63 Å². The summed E-state index contributed by atoms with van der Waals surface area (Å²) < 4.78 is 17.4. The van der Waals surface area contributed by atoms with E-state index in [1.54, 1.807) is 0 Å². The van der Waals surface area contributed by atoms with Crippen molar-refractivity contribution in [3.05, 3.63) is 0 Å². The lowest BCUT2D eigenvalue weighted by molar-refractivity contribution is 0.0212. The number of aliphatic hydroxyl groups excluding tert-OH is 3. The minimum Gasteiger partial charge on any atom is -0.395 e. The Kier molecular flexibility index (Phi) is 18.9. The van der Waals surface area contributed by atoms with E-state index in [0.29, 0.717) is 0 Å². The molecule has 0 radical (unpaired) electrons. The molecule has 1 aliphatic heterocycles. The molecule has 5 N–H and O–H groups in total. The minimum absolute atomic E-state index is 0.224. The highest BCUT2D eigenvalue weighted by Crippen LogP contribution is 2.44. The van der Waals surface area contributed by atoms with Gasteiger partial charge in [-0.05, 0) is 6.42 Å². The topological polar surface area (TPSA) is 119 Å². The van der Waals surface area contributed by atoms with E-state index in [0.717, 1.165) is 19.3 Å². The second-order valence-electron chi connectivity index (χ2n) is 10.2. The van der Waals surface area contributed by atoms with Gasteiger partial charge in [0.2, 0.25) is 0 Å². The average molecular weight is 508 g/mol. The Bertz CT molecular complexity index is 524. The summed E-state index contributed by atoms with van der Waals surface area (Å²) in [6.07, 6.45) is 20.7. The fourth-order valence-corrected chi connectivity index (χ4v) is 6.12. The molecule has 1 heterocycles. The van der Waals surface area contributed by atoms with Gasteiger partial charge in [-0.1, -0.05) is 116 Å². The van der Waals surface area contributed by atoms with Gasteiger partial charge in [0, 0.05) is 6.04 Å². The number of nitrogens with one attached hydrogen (secondary N) is 1. The molecule has 0 aromatic carbocycles. The van der Waals surface area contributed by atoms with Crippen LogP contribution in [-0.2, 0) is 9.09 Å². The highest BCUT2D eigenvalue weighted by molar-refractivity contribution is 7.52. The molecule has 1 fully saturated rings. The van der Waals surface area contributed by atoms with E-state index in [1.165, 1.54) is 96.3 Å². The van der Waals surface area contributed by atoms with E-state index in [2.05, 4.69) is 12.2 Å². The lowest BCUT2D eigenvalue weighted by atomic mass is 10.0. The Morgan fingerprint density at radius 1 is 0.676 bits per heavy atom. The molecule has 0 saturated carbocycles. The summed E-state index contributed by atoms with van der Waals surface area (Å²) in [5.41, 5.74) is 0. The fourth-order valence-electron chi connectivity index (χ4n) is 4.78. The van der Waals surface area contributed by atoms with Crippen molar-refractivity contribution >= 4 is 7.60 Å². The molecule has 0 amide bonds. The molecule has 1 saturated heterocycles. The van der Waals surface area contributed by atoms with Crippen LogP contribution in [0, 0.1) is 0 Å². The molecule has 7 nitrogen and oxygen atoms in total. The first-order chi connectivity index (χ1) is 16.4. The standard InChI is InChI=1S/C26H54NO6P/c1-2-3-4-5-6-7-8-9-10-11-12-13-14-15-16-17-18-19-20-33-34(31,32)22-24-26(30)25(29)23(21-28)27-24/h23-30H,2-22H2,1H3,(H,31,32)/t23-,24-,25-,26-/m1/s1. The van der Waals surface area contributed by atoms with Crippen LogP contribution >= 0.6 is 7.60 Å². The van der Waals surface area contributed by atoms with Crippen molar-refractivity contribution in [1.82, 2.24) is 5.32 Å². The number of aliphatic hydroxyl groups is 3. The smallest absolute Gasteiger partial charge is 0.329 e.